The van der Waals surface area contributed by atoms with Crippen LogP contribution in [0.3, 0.4) is 0 Å². The van der Waals surface area contributed by atoms with E-state index >= 15 is 0 Å². The molecule has 0 spiro atoms. The molecule has 1 aliphatic heterocycles. The molecule has 0 radical (unpaired) electrons. The largest absolute Gasteiger partial charge is 0.396 e. The molecule has 1 saturated heterocycles. The lowest BCUT2D eigenvalue weighted by molar-refractivity contribution is 0.286. The van der Waals surface area contributed by atoms with Crippen molar-refractivity contribution in [3.05, 3.63) is 0 Å². The maximum absolute atomic E-state index is 12.2. The van der Waals surface area contributed by atoms with Crippen LogP contribution in [-0.4, -0.2) is 67.8 Å². The number of unbranched alkanes of at least 4 members (excludes halogenated alkanes) is 1. The Bertz CT molecular complexity index is 473. The van der Waals surface area contributed by atoms with Gasteiger partial charge in [0.05, 0.1) is 5.75 Å². The van der Waals surface area contributed by atoms with Gasteiger partial charge in [0.2, 0.25) is 10.0 Å². The SMILES string of the molecule is CCS(=O)(=O)C1CSCCN1S(=O)(=O)CCCCO. The van der Waals surface area contributed by atoms with Gasteiger partial charge in [0, 0.05) is 30.4 Å². The van der Waals surface area contributed by atoms with Crippen molar-refractivity contribution in [2.75, 3.05) is 36.2 Å². The monoisotopic (exact) mass is 331 g/mol. The highest BCUT2D eigenvalue weighted by atomic mass is 32.2. The Kier molecular flexibility index (Phi) is 6.58. The molecule has 9 heteroatoms. The van der Waals surface area contributed by atoms with E-state index in [0.717, 1.165) is 4.31 Å². The van der Waals surface area contributed by atoms with Crippen LogP contribution in [0.15, 0.2) is 0 Å². The Hall–Kier alpha value is 0.170. The van der Waals surface area contributed by atoms with Crippen LogP contribution in [0, 0.1) is 0 Å². The summed E-state index contributed by atoms with van der Waals surface area (Å²) in [5.41, 5.74) is 0. The van der Waals surface area contributed by atoms with Gasteiger partial charge in [-0.1, -0.05) is 6.92 Å². The summed E-state index contributed by atoms with van der Waals surface area (Å²) in [5, 5.41) is 7.75. The summed E-state index contributed by atoms with van der Waals surface area (Å²) >= 11 is 1.47. The molecule has 0 aliphatic carbocycles. The molecule has 0 aromatic rings. The third kappa shape index (κ3) is 4.59. The maximum Gasteiger partial charge on any atom is 0.215 e. The third-order valence-corrected chi connectivity index (χ3v) is 8.40. The van der Waals surface area contributed by atoms with Gasteiger partial charge < -0.3 is 5.11 Å². The van der Waals surface area contributed by atoms with E-state index in [9.17, 15) is 16.8 Å². The normalized spacial score (nSPS) is 22.5. The van der Waals surface area contributed by atoms with Crippen LogP contribution >= 0.6 is 11.8 Å². The number of nitrogens with zero attached hydrogens (tertiary/aromatic N) is 1. The van der Waals surface area contributed by atoms with E-state index in [1.807, 2.05) is 0 Å². The highest BCUT2D eigenvalue weighted by Crippen LogP contribution is 2.24. The lowest BCUT2D eigenvalue weighted by Crippen LogP contribution is -2.51. The second kappa shape index (κ2) is 7.26. The van der Waals surface area contributed by atoms with Gasteiger partial charge in [-0.15, -0.1) is 0 Å². The summed E-state index contributed by atoms with van der Waals surface area (Å²) in [6.45, 7) is 1.73. The predicted octanol–water partition coefficient (Wildman–Crippen LogP) is -0.102. The van der Waals surface area contributed by atoms with Gasteiger partial charge >= 0.3 is 0 Å². The van der Waals surface area contributed by atoms with Crippen molar-refractivity contribution in [3.8, 4) is 0 Å². The smallest absolute Gasteiger partial charge is 0.215 e. The summed E-state index contributed by atoms with van der Waals surface area (Å²) in [7, 11) is -6.98. The minimum absolute atomic E-state index is 0.0535. The molecule has 1 fully saturated rings. The Morgan fingerprint density at radius 2 is 1.95 bits per heavy atom. The van der Waals surface area contributed by atoms with Gasteiger partial charge in [-0.05, 0) is 12.8 Å². The average Bonchev–Trinajstić information content (AvgIpc) is 2.39. The van der Waals surface area contributed by atoms with Crippen molar-refractivity contribution in [1.29, 1.82) is 0 Å². The lowest BCUT2D eigenvalue weighted by Gasteiger charge is -2.33. The predicted molar refractivity (Wildman–Crippen MR) is 77.4 cm³/mol. The van der Waals surface area contributed by atoms with E-state index in [4.69, 9.17) is 5.11 Å². The molecule has 0 saturated carbocycles. The molecule has 1 N–H and O–H groups in total. The maximum atomic E-state index is 12.2. The summed E-state index contributed by atoms with van der Waals surface area (Å²) in [6.07, 6.45) is 0.758. The van der Waals surface area contributed by atoms with Gasteiger partial charge in [-0.3, -0.25) is 0 Å². The number of rotatable bonds is 7. The number of sulfone groups is 1. The topological polar surface area (TPSA) is 91.8 Å². The van der Waals surface area contributed by atoms with Crippen LogP contribution < -0.4 is 0 Å². The van der Waals surface area contributed by atoms with Gasteiger partial charge in [0.1, 0.15) is 5.37 Å². The van der Waals surface area contributed by atoms with Crippen LogP contribution in [-0.2, 0) is 19.9 Å². The molecule has 19 heavy (non-hydrogen) atoms. The van der Waals surface area contributed by atoms with Crippen LogP contribution in [0.25, 0.3) is 0 Å². The first-order chi connectivity index (χ1) is 8.85. The lowest BCUT2D eigenvalue weighted by atomic mass is 10.4. The van der Waals surface area contributed by atoms with E-state index in [1.54, 1.807) is 0 Å². The Balaban J connectivity index is 2.88. The summed E-state index contributed by atoms with van der Waals surface area (Å²) in [6, 6.07) is 0. The molecule has 1 aliphatic rings. The van der Waals surface area contributed by atoms with Crippen molar-refractivity contribution in [2.24, 2.45) is 0 Å². The fourth-order valence-electron chi connectivity index (χ4n) is 1.87. The van der Waals surface area contributed by atoms with Crippen LogP contribution in [0.1, 0.15) is 19.8 Å². The van der Waals surface area contributed by atoms with E-state index in [2.05, 4.69) is 0 Å². The van der Waals surface area contributed by atoms with Crippen molar-refractivity contribution >= 4 is 31.6 Å². The highest BCUT2D eigenvalue weighted by molar-refractivity contribution is 8.01. The zero-order valence-electron chi connectivity index (χ0n) is 11.0. The zero-order chi connectivity index (χ0) is 14.5. The highest BCUT2D eigenvalue weighted by Gasteiger charge is 2.39. The quantitative estimate of drug-likeness (QED) is 0.655. The second-order valence-corrected chi connectivity index (χ2v) is 9.98. The van der Waals surface area contributed by atoms with E-state index in [0.29, 0.717) is 24.3 Å². The van der Waals surface area contributed by atoms with E-state index in [-0.39, 0.29) is 24.7 Å². The molecule has 1 atom stereocenters. The summed E-state index contributed by atoms with van der Waals surface area (Å²) < 4.78 is 49.5. The molecule has 114 valence electrons. The van der Waals surface area contributed by atoms with Crippen LogP contribution in [0.2, 0.25) is 0 Å². The van der Waals surface area contributed by atoms with Gasteiger partial charge in [0.25, 0.3) is 0 Å². The molecule has 1 rings (SSSR count). The first kappa shape index (κ1) is 17.2. The number of aliphatic hydroxyl groups is 1. The standard InChI is InChI=1S/C10H21NO5S3/c1-2-18(13,14)10-9-17-7-5-11(10)19(15,16)8-4-3-6-12/h10,12H,2-9H2,1H3. The Labute approximate surface area is 119 Å². The number of hydrogen-bond acceptors (Lipinski definition) is 6. The molecule has 0 aromatic carbocycles. The fraction of sp³-hybridized carbons (Fsp3) is 1.00. The first-order valence-electron chi connectivity index (χ1n) is 6.25. The van der Waals surface area contributed by atoms with Crippen LogP contribution in [0.5, 0.6) is 0 Å². The van der Waals surface area contributed by atoms with Crippen LogP contribution in [0.4, 0.5) is 0 Å². The van der Waals surface area contributed by atoms with Crippen molar-refractivity contribution in [2.45, 2.75) is 25.1 Å². The number of sulfonamides is 1. The number of aliphatic hydroxyl groups excluding tert-OH is 1. The third-order valence-electron chi connectivity index (χ3n) is 3.02. The van der Waals surface area contributed by atoms with Gasteiger partial charge in [-0.25, -0.2) is 16.8 Å². The summed E-state index contributed by atoms with van der Waals surface area (Å²) in [5.74, 6) is 0.763. The first-order valence-corrected chi connectivity index (χ1v) is 10.7. The molecule has 0 aromatic heterocycles. The van der Waals surface area contributed by atoms with E-state index in [1.165, 1.54) is 18.7 Å². The van der Waals surface area contributed by atoms with E-state index < -0.39 is 25.2 Å². The molecule has 0 amide bonds. The summed E-state index contributed by atoms with van der Waals surface area (Å²) in [4.78, 5) is 0. The average molecular weight is 331 g/mol. The molecule has 0 bridgehead atoms. The molecule has 6 nitrogen and oxygen atoms in total. The fourth-order valence-corrected chi connectivity index (χ4v) is 7.32. The molecule has 1 unspecified atom stereocenters. The molecule has 1 heterocycles. The Morgan fingerprint density at radius 1 is 1.26 bits per heavy atom. The van der Waals surface area contributed by atoms with Crippen molar-refractivity contribution < 1.29 is 21.9 Å². The zero-order valence-corrected chi connectivity index (χ0v) is 13.4. The van der Waals surface area contributed by atoms with Crippen molar-refractivity contribution in [1.82, 2.24) is 4.31 Å². The molecular weight excluding hydrogens is 310 g/mol. The number of thioether (sulfide) groups is 1. The van der Waals surface area contributed by atoms with Crippen molar-refractivity contribution in [3.63, 3.8) is 0 Å². The Morgan fingerprint density at radius 3 is 2.53 bits per heavy atom. The minimum atomic E-state index is -3.57. The minimum Gasteiger partial charge on any atom is -0.396 e. The number of hydrogen-bond donors (Lipinski definition) is 1. The van der Waals surface area contributed by atoms with Gasteiger partial charge in [-0.2, -0.15) is 16.1 Å². The van der Waals surface area contributed by atoms with Gasteiger partial charge in [0.15, 0.2) is 9.84 Å². The molecular formula is C10H21NO5S3. The second-order valence-electron chi connectivity index (χ2n) is 4.34.